The highest BCUT2D eigenvalue weighted by Gasteiger charge is 2.19. The third kappa shape index (κ3) is 2.92. The second-order valence-electron chi connectivity index (χ2n) is 5.04. The zero-order valence-corrected chi connectivity index (χ0v) is 12.7. The Morgan fingerprint density at radius 2 is 1.65 bits per heavy atom. The van der Waals surface area contributed by atoms with Crippen molar-refractivity contribution in [3.8, 4) is 5.75 Å². The second kappa shape index (κ2) is 5.45. The predicted molar refractivity (Wildman–Crippen MR) is 89.6 cm³/mol. The Morgan fingerprint density at radius 1 is 0.957 bits per heavy atom. The molecule has 0 unspecified atom stereocenters. The van der Waals surface area contributed by atoms with E-state index < -0.39 is 15.0 Å². The van der Waals surface area contributed by atoms with Crippen molar-refractivity contribution in [2.24, 2.45) is 0 Å². The van der Waals surface area contributed by atoms with Crippen LogP contribution < -0.4 is 11.1 Å². The third-order valence-corrected chi connectivity index (χ3v) is 4.35. The number of anilines is 3. The SMILES string of the molecule is Nc1c(S(=O)(=O)O)cc2ccc(Nc3ccccc3)cc2c1O. The largest absolute Gasteiger partial charge is 0.505 e. The van der Waals surface area contributed by atoms with Crippen LogP contribution in [0.1, 0.15) is 0 Å². The topological polar surface area (TPSA) is 113 Å². The van der Waals surface area contributed by atoms with Gasteiger partial charge in [0.05, 0.1) is 5.69 Å². The van der Waals surface area contributed by atoms with Gasteiger partial charge in [0.25, 0.3) is 10.1 Å². The van der Waals surface area contributed by atoms with Gasteiger partial charge >= 0.3 is 0 Å². The molecule has 0 aliphatic heterocycles. The van der Waals surface area contributed by atoms with Gasteiger partial charge in [-0.3, -0.25) is 4.55 Å². The Balaban J connectivity index is 2.12. The van der Waals surface area contributed by atoms with Gasteiger partial charge in [-0.05, 0) is 35.7 Å². The van der Waals surface area contributed by atoms with Gasteiger partial charge < -0.3 is 16.2 Å². The molecule has 0 bridgehead atoms. The summed E-state index contributed by atoms with van der Waals surface area (Å²) >= 11 is 0. The molecule has 23 heavy (non-hydrogen) atoms. The fourth-order valence-corrected chi connectivity index (χ4v) is 3.00. The first-order valence-electron chi connectivity index (χ1n) is 6.71. The van der Waals surface area contributed by atoms with Gasteiger partial charge in [-0.15, -0.1) is 0 Å². The van der Waals surface area contributed by atoms with Crippen molar-refractivity contribution in [2.75, 3.05) is 11.1 Å². The molecule has 3 rings (SSSR count). The number of para-hydroxylation sites is 1. The summed E-state index contributed by atoms with van der Waals surface area (Å²) in [5.74, 6) is -0.383. The van der Waals surface area contributed by atoms with E-state index in [4.69, 9.17) is 5.73 Å². The van der Waals surface area contributed by atoms with Gasteiger partial charge in [0.15, 0.2) is 0 Å². The van der Waals surface area contributed by atoms with Crippen LogP contribution in [0.25, 0.3) is 10.8 Å². The van der Waals surface area contributed by atoms with Crippen LogP contribution in [0.4, 0.5) is 17.1 Å². The summed E-state index contributed by atoms with van der Waals surface area (Å²) in [4.78, 5) is -0.508. The maximum atomic E-state index is 11.3. The van der Waals surface area contributed by atoms with Crippen molar-refractivity contribution < 1.29 is 18.1 Å². The second-order valence-corrected chi connectivity index (χ2v) is 6.43. The van der Waals surface area contributed by atoms with Gasteiger partial charge in [-0.2, -0.15) is 8.42 Å². The molecule has 0 aliphatic rings. The number of aromatic hydroxyl groups is 1. The van der Waals surface area contributed by atoms with Crippen molar-refractivity contribution in [3.63, 3.8) is 0 Å². The van der Waals surface area contributed by atoms with Crippen LogP contribution in [0.3, 0.4) is 0 Å². The standard InChI is InChI=1S/C16H14N2O4S/c17-15-14(23(20,21)22)8-10-6-7-12(9-13(10)16(15)19)18-11-4-2-1-3-5-11/h1-9,18-19H,17H2,(H,20,21,22). The van der Waals surface area contributed by atoms with E-state index >= 15 is 0 Å². The van der Waals surface area contributed by atoms with Crippen LogP contribution in [0.2, 0.25) is 0 Å². The molecule has 0 saturated heterocycles. The van der Waals surface area contributed by atoms with Gasteiger partial charge in [-0.1, -0.05) is 24.3 Å². The molecule has 0 amide bonds. The predicted octanol–water partition coefficient (Wildman–Crippen LogP) is 3.12. The molecule has 6 nitrogen and oxygen atoms in total. The Bertz CT molecular complexity index is 986. The van der Waals surface area contributed by atoms with Crippen molar-refractivity contribution in [1.82, 2.24) is 0 Å². The minimum atomic E-state index is -4.51. The van der Waals surface area contributed by atoms with E-state index in [0.29, 0.717) is 16.5 Å². The number of hydrogen-bond donors (Lipinski definition) is 4. The summed E-state index contributed by atoms with van der Waals surface area (Å²) in [6, 6.07) is 15.7. The molecule has 7 heteroatoms. The molecule has 0 fully saturated rings. The zero-order chi connectivity index (χ0) is 16.6. The van der Waals surface area contributed by atoms with Crippen LogP contribution in [0, 0.1) is 0 Å². The fraction of sp³-hybridized carbons (Fsp3) is 0. The van der Waals surface area contributed by atoms with E-state index in [-0.39, 0.29) is 11.4 Å². The van der Waals surface area contributed by atoms with Gasteiger partial charge in [0.2, 0.25) is 0 Å². The Labute approximate surface area is 132 Å². The van der Waals surface area contributed by atoms with Crippen LogP contribution in [-0.4, -0.2) is 18.1 Å². The molecule has 3 aromatic carbocycles. The van der Waals surface area contributed by atoms with Crippen molar-refractivity contribution in [2.45, 2.75) is 4.90 Å². The first-order valence-corrected chi connectivity index (χ1v) is 8.15. The molecule has 0 aliphatic carbocycles. The number of benzene rings is 3. The number of rotatable bonds is 3. The van der Waals surface area contributed by atoms with Gasteiger partial charge in [0, 0.05) is 16.8 Å². The van der Waals surface area contributed by atoms with Crippen molar-refractivity contribution >= 4 is 38.0 Å². The van der Waals surface area contributed by atoms with E-state index in [1.54, 1.807) is 18.2 Å². The Kier molecular flexibility index (Phi) is 3.59. The van der Waals surface area contributed by atoms with E-state index in [0.717, 1.165) is 5.69 Å². The number of nitrogen functional groups attached to an aromatic ring is 1. The van der Waals surface area contributed by atoms with Crippen LogP contribution in [0.15, 0.2) is 59.5 Å². The molecule has 0 spiro atoms. The average molecular weight is 330 g/mol. The van der Waals surface area contributed by atoms with Crippen molar-refractivity contribution in [1.29, 1.82) is 0 Å². The van der Waals surface area contributed by atoms with E-state index in [1.165, 1.54) is 6.07 Å². The van der Waals surface area contributed by atoms with Gasteiger partial charge in [0.1, 0.15) is 10.6 Å². The maximum absolute atomic E-state index is 11.3. The lowest BCUT2D eigenvalue weighted by molar-refractivity contribution is 0.473. The smallest absolute Gasteiger partial charge is 0.296 e. The summed E-state index contributed by atoms with van der Waals surface area (Å²) in [5.41, 5.74) is 6.83. The molecular weight excluding hydrogens is 316 g/mol. The van der Waals surface area contributed by atoms with E-state index in [2.05, 4.69) is 5.32 Å². The Morgan fingerprint density at radius 3 is 2.30 bits per heavy atom. The fourth-order valence-electron chi connectivity index (χ4n) is 2.35. The molecule has 118 valence electrons. The zero-order valence-electron chi connectivity index (χ0n) is 11.9. The number of phenolic OH excluding ortho intramolecular Hbond substituents is 1. The highest BCUT2D eigenvalue weighted by Crippen LogP contribution is 2.37. The molecule has 3 aromatic rings. The number of nitrogens with one attached hydrogen (secondary N) is 1. The summed E-state index contributed by atoms with van der Waals surface area (Å²) in [6.07, 6.45) is 0. The van der Waals surface area contributed by atoms with Gasteiger partial charge in [-0.25, -0.2) is 0 Å². The number of fused-ring (bicyclic) bond motifs is 1. The van der Waals surface area contributed by atoms with Crippen LogP contribution >= 0.6 is 0 Å². The van der Waals surface area contributed by atoms with Crippen LogP contribution in [-0.2, 0) is 10.1 Å². The van der Waals surface area contributed by atoms with Crippen molar-refractivity contribution in [3.05, 3.63) is 54.6 Å². The highest BCUT2D eigenvalue weighted by atomic mass is 32.2. The summed E-state index contributed by atoms with van der Waals surface area (Å²) in [5, 5.41) is 14.2. The number of hydrogen-bond acceptors (Lipinski definition) is 5. The molecule has 0 atom stereocenters. The van der Waals surface area contributed by atoms with Crippen LogP contribution in [0.5, 0.6) is 5.75 Å². The maximum Gasteiger partial charge on any atom is 0.296 e. The molecule has 0 radical (unpaired) electrons. The normalized spacial score (nSPS) is 11.5. The number of phenols is 1. The molecule has 0 saturated carbocycles. The van der Waals surface area contributed by atoms with E-state index in [1.807, 2.05) is 30.3 Å². The summed E-state index contributed by atoms with van der Waals surface area (Å²) in [7, 11) is -4.51. The lowest BCUT2D eigenvalue weighted by Gasteiger charge is -2.11. The first-order chi connectivity index (χ1) is 10.9. The quantitative estimate of drug-likeness (QED) is 0.333. The third-order valence-electron chi connectivity index (χ3n) is 3.46. The lowest BCUT2D eigenvalue weighted by Crippen LogP contribution is -2.03. The molecular formula is C16H14N2O4S. The minimum absolute atomic E-state index is 0.378. The monoisotopic (exact) mass is 330 g/mol. The Hall–Kier alpha value is -2.77. The summed E-state index contributed by atoms with van der Waals surface area (Å²) in [6.45, 7) is 0. The highest BCUT2D eigenvalue weighted by molar-refractivity contribution is 7.86. The number of nitrogens with two attached hydrogens (primary N) is 1. The lowest BCUT2D eigenvalue weighted by atomic mass is 10.1. The molecule has 0 aromatic heterocycles. The summed E-state index contributed by atoms with van der Waals surface area (Å²) < 4.78 is 31.8. The molecule has 5 N–H and O–H groups in total. The minimum Gasteiger partial charge on any atom is -0.505 e. The average Bonchev–Trinajstić information content (AvgIpc) is 2.51. The first kappa shape index (κ1) is 15.1. The van der Waals surface area contributed by atoms with E-state index in [9.17, 15) is 18.1 Å². The molecule has 0 heterocycles.